The Bertz CT molecular complexity index is 1100. The fourth-order valence-corrected chi connectivity index (χ4v) is 4.36. The van der Waals surface area contributed by atoms with Crippen LogP contribution in [0.5, 0.6) is 0 Å². The number of ether oxygens (including phenoxy) is 1. The Morgan fingerprint density at radius 1 is 1.28 bits per heavy atom. The normalized spacial score (nSPS) is 20.7. The second-order valence-electron chi connectivity index (χ2n) is 6.48. The van der Waals surface area contributed by atoms with Gasteiger partial charge in [0.25, 0.3) is 0 Å². The maximum absolute atomic E-state index is 10.7. The molecule has 0 aliphatic carbocycles. The van der Waals surface area contributed by atoms with Crippen molar-refractivity contribution in [1.29, 1.82) is 0 Å². The van der Waals surface area contributed by atoms with Gasteiger partial charge in [0.2, 0.25) is 0 Å². The predicted molar refractivity (Wildman–Crippen MR) is 96.5 cm³/mol. The molecule has 0 saturated carbocycles. The number of aliphatic hydroxyl groups is 1. The molecule has 0 aromatic carbocycles. The summed E-state index contributed by atoms with van der Waals surface area (Å²) in [5, 5.41) is 17.0. The zero-order chi connectivity index (χ0) is 17.0. The highest BCUT2D eigenvalue weighted by molar-refractivity contribution is 7.18. The Morgan fingerprint density at radius 3 is 3.04 bits per heavy atom. The van der Waals surface area contributed by atoms with Gasteiger partial charge in [0.15, 0.2) is 5.65 Å². The second-order valence-corrected chi connectivity index (χ2v) is 7.51. The van der Waals surface area contributed by atoms with Crippen LogP contribution in [0, 0.1) is 0 Å². The van der Waals surface area contributed by atoms with Crippen molar-refractivity contribution in [2.45, 2.75) is 12.0 Å². The molecule has 1 aliphatic heterocycles. The summed E-state index contributed by atoms with van der Waals surface area (Å²) in [6.45, 7) is 0.953. The van der Waals surface area contributed by atoms with Gasteiger partial charge in [-0.05, 0) is 24.3 Å². The van der Waals surface area contributed by atoms with Crippen molar-refractivity contribution in [1.82, 2.24) is 19.7 Å². The van der Waals surface area contributed by atoms with E-state index in [4.69, 9.17) is 9.72 Å². The third kappa shape index (κ3) is 2.43. The minimum absolute atomic E-state index is 0.355. The van der Waals surface area contributed by atoms with Crippen molar-refractivity contribution in [2.75, 3.05) is 13.2 Å². The van der Waals surface area contributed by atoms with E-state index in [0.29, 0.717) is 19.6 Å². The number of aromatic nitrogens is 4. The smallest absolute Gasteiger partial charge is 0.181 e. The summed E-state index contributed by atoms with van der Waals surface area (Å²) in [4.78, 5) is 11.0. The van der Waals surface area contributed by atoms with Gasteiger partial charge in [-0.2, -0.15) is 5.10 Å². The Hall–Kier alpha value is -2.35. The lowest BCUT2D eigenvalue weighted by atomic mass is 10.0. The van der Waals surface area contributed by atoms with Crippen LogP contribution in [0.25, 0.3) is 32.5 Å². The maximum Gasteiger partial charge on any atom is 0.181 e. The van der Waals surface area contributed by atoms with Crippen molar-refractivity contribution in [3.05, 3.63) is 41.5 Å². The molecule has 4 aromatic heterocycles. The standard InChI is InChI=1S/C18H16N4O2S/c1-22-9-13-6-12(8-19-16(13)21-22)14-3-2-11-7-15(25-17(11)20-14)18(23)4-5-24-10-18/h2-3,6-9,23H,4-5,10H2,1H3. The number of hydrogen-bond donors (Lipinski definition) is 1. The van der Waals surface area contributed by atoms with Crippen LogP contribution in [0.4, 0.5) is 0 Å². The fraction of sp³-hybridized carbons (Fsp3) is 0.278. The molecule has 0 amide bonds. The summed E-state index contributed by atoms with van der Waals surface area (Å²) in [6.07, 6.45) is 4.38. The van der Waals surface area contributed by atoms with Gasteiger partial charge in [-0.1, -0.05) is 0 Å². The lowest BCUT2D eigenvalue weighted by molar-refractivity contribution is 0.0264. The van der Waals surface area contributed by atoms with Crippen LogP contribution in [-0.4, -0.2) is 38.1 Å². The molecule has 1 N–H and O–H groups in total. The van der Waals surface area contributed by atoms with Crippen LogP contribution >= 0.6 is 11.3 Å². The van der Waals surface area contributed by atoms with Crippen LogP contribution in [0.3, 0.4) is 0 Å². The molecule has 0 bridgehead atoms. The zero-order valence-electron chi connectivity index (χ0n) is 13.6. The van der Waals surface area contributed by atoms with E-state index >= 15 is 0 Å². The number of fused-ring (bicyclic) bond motifs is 2. The first-order valence-electron chi connectivity index (χ1n) is 8.12. The second kappa shape index (κ2) is 5.32. The molecule has 0 radical (unpaired) electrons. The van der Waals surface area contributed by atoms with E-state index in [1.807, 2.05) is 31.4 Å². The molecule has 7 heteroatoms. The highest BCUT2D eigenvalue weighted by Gasteiger charge is 2.35. The first kappa shape index (κ1) is 14.9. The Balaban J connectivity index is 1.59. The monoisotopic (exact) mass is 352 g/mol. The van der Waals surface area contributed by atoms with Crippen LogP contribution in [-0.2, 0) is 17.4 Å². The Kier molecular flexibility index (Phi) is 3.18. The van der Waals surface area contributed by atoms with Gasteiger partial charge in [0.05, 0.1) is 12.3 Å². The molecule has 0 spiro atoms. The number of thiophene rings is 1. The van der Waals surface area contributed by atoms with E-state index < -0.39 is 5.60 Å². The zero-order valence-corrected chi connectivity index (χ0v) is 14.5. The SMILES string of the molecule is Cn1cc2cc(-c3ccc4cc(C5(O)CCOC5)sc4n3)cnc2n1. The fourth-order valence-electron chi connectivity index (χ4n) is 3.23. The Labute approximate surface area is 147 Å². The highest BCUT2D eigenvalue weighted by atomic mass is 32.1. The number of aryl methyl sites for hydroxylation is 1. The number of nitrogens with zero attached hydrogens (tertiary/aromatic N) is 4. The van der Waals surface area contributed by atoms with E-state index in [1.165, 1.54) is 11.3 Å². The predicted octanol–water partition coefficient (Wildman–Crippen LogP) is 2.85. The average Bonchev–Trinajstić information content (AvgIpc) is 3.30. The summed E-state index contributed by atoms with van der Waals surface area (Å²) < 4.78 is 7.12. The summed E-state index contributed by atoms with van der Waals surface area (Å²) in [7, 11) is 1.89. The summed E-state index contributed by atoms with van der Waals surface area (Å²) >= 11 is 1.53. The molecule has 5 heterocycles. The van der Waals surface area contributed by atoms with Crippen LogP contribution in [0.1, 0.15) is 11.3 Å². The summed E-state index contributed by atoms with van der Waals surface area (Å²) in [6, 6.07) is 8.11. The maximum atomic E-state index is 10.7. The molecule has 4 aromatic rings. The molecule has 6 nitrogen and oxygen atoms in total. The molecule has 1 unspecified atom stereocenters. The number of rotatable bonds is 2. The van der Waals surface area contributed by atoms with Gasteiger partial charge in [0.1, 0.15) is 10.4 Å². The van der Waals surface area contributed by atoms with Crippen LogP contribution < -0.4 is 0 Å². The lowest BCUT2D eigenvalue weighted by Crippen LogP contribution is -2.23. The van der Waals surface area contributed by atoms with E-state index in [0.717, 1.165) is 37.4 Å². The largest absolute Gasteiger partial charge is 0.382 e. The molecule has 126 valence electrons. The molecular weight excluding hydrogens is 336 g/mol. The van der Waals surface area contributed by atoms with E-state index in [9.17, 15) is 5.11 Å². The first-order chi connectivity index (χ1) is 12.1. The number of hydrogen-bond acceptors (Lipinski definition) is 6. The molecule has 1 fully saturated rings. The van der Waals surface area contributed by atoms with Crippen molar-refractivity contribution >= 4 is 32.6 Å². The minimum atomic E-state index is -0.873. The molecule has 25 heavy (non-hydrogen) atoms. The topological polar surface area (TPSA) is 73.1 Å². The summed E-state index contributed by atoms with van der Waals surface area (Å²) in [5.74, 6) is 0. The van der Waals surface area contributed by atoms with Gasteiger partial charge >= 0.3 is 0 Å². The third-order valence-corrected chi connectivity index (χ3v) is 5.85. The molecule has 5 rings (SSSR count). The minimum Gasteiger partial charge on any atom is -0.382 e. The van der Waals surface area contributed by atoms with Gasteiger partial charge in [0, 0.05) is 53.7 Å². The molecular formula is C18H16N4O2S. The van der Waals surface area contributed by atoms with Crippen LogP contribution in [0.15, 0.2) is 36.7 Å². The number of pyridine rings is 2. The van der Waals surface area contributed by atoms with Crippen molar-refractivity contribution in [2.24, 2.45) is 7.05 Å². The Morgan fingerprint density at radius 2 is 2.20 bits per heavy atom. The molecule has 1 atom stereocenters. The van der Waals surface area contributed by atoms with Gasteiger partial charge < -0.3 is 9.84 Å². The third-order valence-electron chi connectivity index (χ3n) is 4.61. The van der Waals surface area contributed by atoms with Crippen molar-refractivity contribution in [3.63, 3.8) is 0 Å². The molecule has 1 saturated heterocycles. The highest BCUT2D eigenvalue weighted by Crippen LogP contribution is 2.38. The van der Waals surface area contributed by atoms with Gasteiger partial charge in [-0.25, -0.2) is 9.97 Å². The van der Waals surface area contributed by atoms with E-state index in [2.05, 4.69) is 16.1 Å². The van der Waals surface area contributed by atoms with Crippen molar-refractivity contribution in [3.8, 4) is 11.3 Å². The lowest BCUT2D eigenvalue weighted by Gasteiger charge is -2.17. The average molecular weight is 352 g/mol. The van der Waals surface area contributed by atoms with Gasteiger partial charge in [-0.15, -0.1) is 11.3 Å². The van der Waals surface area contributed by atoms with E-state index in [-0.39, 0.29) is 0 Å². The summed E-state index contributed by atoms with van der Waals surface area (Å²) in [5.41, 5.74) is 1.69. The first-order valence-corrected chi connectivity index (χ1v) is 8.93. The van der Waals surface area contributed by atoms with E-state index in [1.54, 1.807) is 10.9 Å². The van der Waals surface area contributed by atoms with Crippen molar-refractivity contribution < 1.29 is 9.84 Å². The van der Waals surface area contributed by atoms with Crippen LogP contribution in [0.2, 0.25) is 0 Å². The van der Waals surface area contributed by atoms with Gasteiger partial charge in [-0.3, -0.25) is 4.68 Å². The quantitative estimate of drug-likeness (QED) is 0.600. The molecule has 1 aliphatic rings.